The fraction of sp³-hybridized carbons (Fsp3) is 0.500. The molecule has 0 N–H and O–H groups in total. The third-order valence-electron chi connectivity index (χ3n) is 3.19. The molecule has 0 saturated carbocycles. The average Bonchev–Trinajstić information content (AvgIpc) is 2.88. The summed E-state index contributed by atoms with van der Waals surface area (Å²) >= 11 is 1.64. The van der Waals surface area contributed by atoms with Crippen LogP contribution in [0.5, 0.6) is 0 Å². The number of rotatable bonds is 3. The smallest absolute Gasteiger partial charge is 0.325 e. The van der Waals surface area contributed by atoms with Crippen molar-refractivity contribution in [2.45, 2.75) is 13.0 Å². The van der Waals surface area contributed by atoms with E-state index >= 15 is 0 Å². The maximum absolute atomic E-state index is 12.0. The minimum absolute atomic E-state index is 0.0145. The van der Waals surface area contributed by atoms with Gasteiger partial charge >= 0.3 is 12.0 Å². The lowest BCUT2D eigenvalue weighted by molar-refractivity contribution is -0.141. The first-order chi connectivity index (χ1) is 8.54. The zero-order valence-electron chi connectivity index (χ0n) is 10.7. The summed E-state index contributed by atoms with van der Waals surface area (Å²) in [5.74, 6) is -0.389. The van der Waals surface area contributed by atoms with E-state index in [1.54, 1.807) is 23.3 Å². The molecule has 1 unspecified atom stereocenters. The Labute approximate surface area is 110 Å². The number of amides is 2. The molecule has 0 aliphatic carbocycles. The van der Waals surface area contributed by atoms with Crippen molar-refractivity contribution in [3.8, 4) is 0 Å². The number of ether oxygens (including phenoxy) is 1. The van der Waals surface area contributed by atoms with E-state index in [0.29, 0.717) is 6.54 Å². The van der Waals surface area contributed by atoms with Gasteiger partial charge in [0, 0.05) is 18.5 Å². The number of carbonyl (C=O) groups excluding carboxylic acids is 2. The molecule has 1 saturated heterocycles. The van der Waals surface area contributed by atoms with Crippen molar-refractivity contribution < 1.29 is 14.3 Å². The second-order valence-corrected chi connectivity index (χ2v) is 5.28. The molecular formula is C12H16N2O3S. The predicted octanol–water partition coefficient (Wildman–Crippen LogP) is 1.64. The molecule has 1 aromatic rings. The zero-order chi connectivity index (χ0) is 13.3. The largest absolute Gasteiger partial charge is 0.468 e. The lowest BCUT2D eigenvalue weighted by Gasteiger charge is -2.17. The van der Waals surface area contributed by atoms with Crippen molar-refractivity contribution in [2.75, 3.05) is 27.2 Å². The number of thiophene rings is 1. The molecule has 2 heterocycles. The Morgan fingerprint density at radius 1 is 1.61 bits per heavy atom. The maximum atomic E-state index is 12.0. The first kappa shape index (κ1) is 12.9. The van der Waals surface area contributed by atoms with Crippen LogP contribution < -0.4 is 0 Å². The van der Waals surface area contributed by atoms with Crippen molar-refractivity contribution in [1.29, 1.82) is 0 Å². The first-order valence-corrected chi connectivity index (χ1v) is 6.55. The molecule has 6 heteroatoms. The number of aryl methyl sites for hydroxylation is 1. The van der Waals surface area contributed by atoms with E-state index in [0.717, 1.165) is 0 Å². The van der Waals surface area contributed by atoms with Crippen LogP contribution in [0, 0.1) is 6.92 Å². The van der Waals surface area contributed by atoms with Crippen molar-refractivity contribution in [2.24, 2.45) is 0 Å². The summed E-state index contributed by atoms with van der Waals surface area (Å²) in [4.78, 5) is 27.7. The van der Waals surface area contributed by atoms with Gasteiger partial charge in [-0.3, -0.25) is 4.79 Å². The van der Waals surface area contributed by atoms with Gasteiger partial charge in [-0.05, 0) is 23.9 Å². The van der Waals surface area contributed by atoms with Gasteiger partial charge in [-0.1, -0.05) is 0 Å². The van der Waals surface area contributed by atoms with Gasteiger partial charge < -0.3 is 14.5 Å². The molecule has 18 heavy (non-hydrogen) atoms. The van der Waals surface area contributed by atoms with Crippen molar-refractivity contribution in [3.05, 3.63) is 21.9 Å². The van der Waals surface area contributed by atoms with E-state index in [9.17, 15) is 9.59 Å². The van der Waals surface area contributed by atoms with Crippen molar-refractivity contribution >= 4 is 23.3 Å². The van der Waals surface area contributed by atoms with E-state index in [1.165, 1.54) is 22.5 Å². The summed E-state index contributed by atoms with van der Waals surface area (Å²) in [6, 6.07) is 1.95. The summed E-state index contributed by atoms with van der Waals surface area (Å²) in [7, 11) is 3.09. The molecule has 1 aromatic heterocycles. The van der Waals surface area contributed by atoms with Crippen LogP contribution in [0.25, 0.3) is 0 Å². The van der Waals surface area contributed by atoms with Crippen LogP contribution in [0.15, 0.2) is 11.4 Å². The van der Waals surface area contributed by atoms with Crippen LogP contribution in [-0.2, 0) is 9.53 Å². The fourth-order valence-corrected chi connectivity index (χ4v) is 3.17. The molecule has 2 rings (SSSR count). The van der Waals surface area contributed by atoms with Crippen molar-refractivity contribution in [3.63, 3.8) is 0 Å². The summed E-state index contributed by atoms with van der Waals surface area (Å²) in [5, 5.41) is 2.02. The van der Waals surface area contributed by atoms with E-state index in [-0.39, 0.29) is 24.6 Å². The number of hydrogen-bond acceptors (Lipinski definition) is 4. The number of nitrogens with zero attached hydrogens (tertiary/aromatic N) is 2. The molecule has 1 fully saturated rings. The average molecular weight is 268 g/mol. The highest BCUT2D eigenvalue weighted by Gasteiger charge is 2.37. The molecule has 1 aliphatic rings. The Morgan fingerprint density at radius 2 is 2.33 bits per heavy atom. The van der Waals surface area contributed by atoms with Crippen LogP contribution in [0.1, 0.15) is 16.5 Å². The normalized spacial score (nSPS) is 19.5. The number of urea groups is 1. The second-order valence-electron chi connectivity index (χ2n) is 4.33. The number of carbonyl (C=O) groups is 2. The van der Waals surface area contributed by atoms with Gasteiger partial charge in [0.2, 0.25) is 0 Å². The molecule has 2 amide bonds. The highest BCUT2D eigenvalue weighted by Crippen LogP contribution is 2.33. The highest BCUT2D eigenvalue weighted by atomic mass is 32.1. The van der Waals surface area contributed by atoms with Crippen LogP contribution in [0.2, 0.25) is 0 Å². The molecule has 0 aromatic carbocycles. The Bertz CT molecular complexity index is 472. The lowest BCUT2D eigenvalue weighted by Crippen LogP contribution is -2.34. The summed E-state index contributed by atoms with van der Waals surface area (Å²) in [6.45, 7) is 2.58. The lowest BCUT2D eigenvalue weighted by atomic mass is 10.1. The Kier molecular flexibility index (Phi) is 3.56. The molecule has 0 spiro atoms. The van der Waals surface area contributed by atoms with Gasteiger partial charge in [0.1, 0.15) is 6.54 Å². The van der Waals surface area contributed by atoms with E-state index < -0.39 is 0 Å². The monoisotopic (exact) mass is 268 g/mol. The predicted molar refractivity (Wildman–Crippen MR) is 68.5 cm³/mol. The maximum Gasteiger partial charge on any atom is 0.325 e. The standard InChI is InChI=1S/C12H16N2O3S/c1-8-4-5-18-11(8)9-6-14(7-10(15)17-3)12(16)13(9)2/h4-5,9H,6-7H2,1-3H3. The Morgan fingerprint density at radius 3 is 2.89 bits per heavy atom. The molecule has 0 bridgehead atoms. The molecular weight excluding hydrogens is 252 g/mol. The first-order valence-electron chi connectivity index (χ1n) is 5.67. The molecule has 5 nitrogen and oxygen atoms in total. The van der Waals surface area contributed by atoms with Gasteiger partial charge in [-0.25, -0.2) is 4.79 Å². The molecule has 98 valence electrons. The fourth-order valence-electron chi connectivity index (χ4n) is 2.10. The van der Waals surface area contributed by atoms with E-state index in [1.807, 2.05) is 18.4 Å². The minimum atomic E-state index is -0.389. The molecule has 0 radical (unpaired) electrons. The topological polar surface area (TPSA) is 49.9 Å². The van der Waals surface area contributed by atoms with Crippen LogP contribution in [0.4, 0.5) is 4.79 Å². The summed E-state index contributed by atoms with van der Waals surface area (Å²) < 4.78 is 4.60. The second kappa shape index (κ2) is 4.97. The summed E-state index contributed by atoms with van der Waals surface area (Å²) in [6.07, 6.45) is 0. The van der Waals surface area contributed by atoms with E-state index in [4.69, 9.17) is 0 Å². The van der Waals surface area contributed by atoms with Crippen LogP contribution in [-0.4, -0.2) is 49.0 Å². The van der Waals surface area contributed by atoms with Crippen LogP contribution >= 0.6 is 11.3 Å². The van der Waals surface area contributed by atoms with Crippen LogP contribution in [0.3, 0.4) is 0 Å². The summed E-state index contributed by atoms with van der Waals surface area (Å²) in [5.41, 5.74) is 1.18. The minimum Gasteiger partial charge on any atom is -0.468 e. The highest BCUT2D eigenvalue weighted by molar-refractivity contribution is 7.10. The van der Waals surface area contributed by atoms with Gasteiger partial charge in [-0.2, -0.15) is 0 Å². The molecule has 1 atom stereocenters. The SMILES string of the molecule is COC(=O)CN1CC(c2sccc2C)N(C)C1=O. The number of esters is 1. The third kappa shape index (κ3) is 2.20. The Balaban J connectivity index is 2.15. The Hall–Kier alpha value is -1.56. The van der Waals surface area contributed by atoms with Crippen molar-refractivity contribution in [1.82, 2.24) is 9.80 Å². The number of methoxy groups -OCH3 is 1. The third-order valence-corrected chi connectivity index (χ3v) is 4.31. The van der Waals surface area contributed by atoms with E-state index in [2.05, 4.69) is 4.74 Å². The number of likely N-dealkylation sites (N-methyl/N-ethyl adjacent to an activating group) is 1. The number of hydrogen-bond donors (Lipinski definition) is 0. The quantitative estimate of drug-likeness (QED) is 0.783. The van der Waals surface area contributed by atoms with Gasteiger partial charge in [-0.15, -0.1) is 11.3 Å². The zero-order valence-corrected chi connectivity index (χ0v) is 11.5. The van der Waals surface area contributed by atoms with Gasteiger partial charge in [0.15, 0.2) is 0 Å². The van der Waals surface area contributed by atoms with Gasteiger partial charge in [0.25, 0.3) is 0 Å². The molecule has 1 aliphatic heterocycles. The van der Waals surface area contributed by atoms with Gasteiger partial charge in [0.05, 0.1) is 13.2 Å².